The number of carbonyl (C=O) groups is 1. The van der Waals surface area contributed by atoms with E-state index in [1.165, 1.54) is 5.56 Å². The van der Waals surface area contributed by atoms with Crippen molar-refractivity contribution < 1.29 is 9.53 Å². The molecule has 1 heterocycles. The largest absolute Gasteiger partial charge is 0.496 e. The summed E-state index contributed by atoms with van der Waals surface area (Å²) in [4.78, 5) is 17.6. The summed E-state index contributed by atoms with van der Waals surface area (Å²) in [6.07, 6.45) is 1.19. The zero-order chi connectivity index (χ0) is 16.4. The molecule has 0 saturated carbocycles. The number of ketones is 1. The highest BCUT2D eigenvalue weighted by molar-refractivity contribution is 6.17. The summed E-state index contributed by atoms with van der Waals surface area (Å²) in [5.74, 6) is 0.648. The number of Topliss-reactive ketones (excluding diaryl/α,β-unsaturated/α-hetero) is 1. The van der Waals surface area contributed by atoms with Crippen LogP contribution in [0, 0.1) is 0 Å². The minimum atomic E-state index is -0.176. The van der Waals surface area contributed by atoms with E-state index in [0.717, 1.165) is 17.7 Å². The highest BCUT2D eigenvalue weighted by Crippen LogP contribution is 2.29. The first-order chi connectivity index (χ1) is 11.0. The minimum Gasteiger partial charge on any atom is -0.496 e. The van der Waals surface area contributed by atoms with Crippen LogP contribution < -0.4 is 4.74 Å². The van der Waals surface area contributed by atoms with Gasteiger partial charge in [-0.3, -0.25) is 9.79 Å². The SMILES string of the molecule is COc1ccccc1C(=O)CC1=NC(C)(C)Cc2ccccc21. The molecule has 0 atom stereocenters. The number of aliphatic imine (C=N–C) groups is 1. The van der Waals surface area contributed by atoms with Crippen LogP contribution in [-0.2, 0) is 6.42 Å². The van der Waals surface area contributed by atoms with Crippen molar-refractivity contribution in [1.82, 2.24) is 0 Å². The maximum Gasteiger partial charge on any atom is 0.172 e. The van der Waals surface area contributed by atoms with Gasteiger partial charge in [0.1, 0.15) is 5.75 Å². The van der Waals surface area contributed by atoms with Gasteiger partial charge in [0, 0.05) is 0 Å². The normalized spacial score (nSPS) is 15.5. The third kappa shape index (κ3) is 3.19. The molecule has 0 amide bonds. The van der Waals surface area contributed by atoms with Crippen LogP contribution in [0.3, 0.4) is 0 Å². The van der Waals surface area contributed by atoms with Crippen molar-refractivity contribution in [1.29, 1.82) is 0 Å². The van der Waals surface area contributed by atoms with Crippen molar-refractivity contribution in [2.75, 3.05) is 7.11 Å². The first-order valence-corrected chi connectivity index (χ1v) is 7.83. The third-order valence-electron chi connectivity index (χ3n) is 4.12. The second kappa shape index (κ2) is 5.99. The molecule has 0 saturated heterocycles. The summed E-state index contributed by atoms with van der Waals surface area (Å²) in [6, 6.07) is 15.6. The molecule has 2 aromatic carbocycles. The average Bonchev–Trinajstić information content (AvgIpc) is 2.53. The van der Waals surface area contributed by atoms with Gasteiger partial charge in [-0.25, -0.2) is 0 Å². The summed E-state index contributed by atoms with van der Waals surface area (Å²) in [5.41, 5.74) is 3.65. The van der Waals surface area contributed by atoms with E-state index in [2.05, 4.69) is 26.0 Å². The molecule has 23 heavy (non-hydrogen) atoms. The van der Waals surface area contributed by atoms with Crippen molar-refractivity contribution in [3.05, 3.63) is 65.2 Å². The fourth-order valence-corrected chi connectivity index (χ4v) is 3.14. The Balaban J connectivity index is 1.95. The maximum absolute atomic E-state index is 12.8. The van der Waals surface area contributed by atoms with Crippen LogP contribution in [0.1, 0.15) is 41.8 Å². The molecule has 0 fully saturated rings. The average molecular weight is 307 g/mol. The number of hydrogen-bond acceptors (Lipinski definition) is 3. The molecule has 3 nitrogen and oxygen atoms in total. The van der Waals surface area contributed by atoms with Crippen molar-refractivity contribution in [2.45, 2.75) is 32.2 Å². The molecule has 0 bridgehead atoms. The van der Waals surface area contributed by atoms with E-state index >= 15 is 0 Å². The minimum absolute atomic E-state index is 0.0358. The van der Waals surface area contributed by atoms with Gasteiger partial charge < -0.3 is 4.74 Å². The first-order valence-electron chi connectivity index (χ1n) is 7.83. The van der Waals surface area contributed by atoms with Gasteiger partial charge in [-0.05, 0) is 43.5 Å². The quantitative estimate of drug-likeness (QED) is 0.798. The predicted molar refractivity (Wildman–Crippen MR) is 92.7 cm³/mol. The van der Waals surface area contributed by atoms with Gasteiger partial charge in [0.25, 0.3) is 0 Å². The highest BCUT2D eigenvalue weighted by atomic mass is 16.5. The van der Waals surface area contributed by atoms with Crippen LogP contribution in [0.2, 0.25) is 0 Å². The van der Waals surface area contributed by atoms with Gasteiger partial charge >= 0.3 is 0 Å². The molecule has 1 aliphatic heterocycles. The fraction of sp³-hybridized carbons (Fsp3) is 0.300. The lowest BCUT2D eigenvalue weighted by Crippen LogP contribution is -2.30. The molecule has 3 rings (SSSR count). The monoisotopic (exact) mass is 307 g/mol. The van der Waals surface area contributed by atoms with Crippen molar-refractivity contribution in [2.24, 2.45) is 4.99 Å². The summed E-state index contributed by atoms with van der Waals surface area (Å²) in [6.45, 7) is 4.22. The number of ether oxygens (including phenoxy) is 1. The van der Waals surface area contributed by atoms with Crippen molar-refractivity contribution >= 4 is 11.5 Å². The second-order valence-corrected chi connectivity index (χ2v) is 6.51. The molecule has 118 valence electrons. The number of para-hydroxylation sites is 1. The Bertz CT molecular complexity index is 775. The molecule has 0 radical (unpaired) electrons. The second-order valence-electron chi connectivity index (χ2n) is 6.51. The molecule has 0 unspecified atom stereocenters. The number of nitrogens with zero attached hydrogens (tertiary/aromatic N) is 1. The summed E-state index contributed by atoms with van der Waals surface area (Å²) < 4.78 is 5.31. The Morgan fingerprint density at radius 1 is 1.13 bits per heavy atom. The lowest BCUT2D eigenvalue weighted by atomic mass is 9.85. The fourth-order valence-electron chi connectivity index (χ4n) is 3.14. The van der Waals surface area contributed by atoms with Crippen LogP contribution >= 0.6 is 0 Å². The Morgan fingerprint density at radius 3 is 2.61 bits per heavy atom. The summed E-state index contributed by atoms with van der Waals surface area (Å²) >= 11 is 0. The Labute approximate surface area is 137 Å². The van der Waals surface area contributed by atoms with Gasteiger partial charge in [0.15, 0.2) is 5.78 Å². The summed E-state index contributed by atoms with van der Waals surface area (Å²) in [7, 11) is 1.59. The van der Waals surface area contributed by atoms with E-state index in [1.807, 2.05) is 36.4 Å². The molecule has 0 N–H and O–H groups in total. The van der Waals surface area contributed by atoms with Crippen molar-refractivity contribution in [3.63, 3.8) is 0 Å². The zero-order valence-corrected chi connectivity index (χ0v) is 13.8. The summed E-state index contributed by atoms with van der Waals surface area (Å²) in [5, 5.41) is 0. The predicted octanol–water partition coefficient (Wildman–Crippen LogP) is 4.09. The smallest absolute Gasteiger partial charge is 0.172 e. The first kappa shape index (κ1) is 15.5. The van der Waals surface area contributed by atoms with E-state index in [9.17, 15) is 4.79 Å². The molecule has 0 aliphatic carbocycles. The molecular weight excluding hydrogens is 286 g/mol. The Morgan fingerprint density at radius 2 is 1.83 bits per heavy atom. The van der Waals surface area contributed by atoms with Crippen LogP contribution in [0.4, 0.5) is 0 Å². The van der Waals surface area contributed by atoms with Crippen LogP contribution in [-0.4, -0.2) is 24.1 Å². The lowest BCUT2D eigenvalue weighted by Gasteiger charge is -2.29. The van der Waals surface area contributed by atoms with Crippen molar-refractivity contribution in [3.8, 4) is 5.75 Å². The number of methoxy groups -OCH3 is 1. The molecule has 1 aliphatic rings. The number of hydrogen-bond donors (Lipinski definition) is 0. The van der Waals surface area contributed by atoms with Gasteiger partial charge in [-0.1, -0.05) is 36.4 Å². The highest BCUT2D eigenvalue weighted by Gasteiger charge is 2.27. The third-order valence-corrected chi connectivity index (χ3v) is 4.12. The molecular formula is C20H21NO2. The maximum atomic E-state index is 12.8. The Hall–Kier alpha value is -2.42. The van der Waals surface area contributed by atoms with E-state index in [4.69, 9.17) is 9.73 Å². The van der Waals surface area contributed by atoms with Gasteiger partial charge in [0.05, 0.1) is 30.3 Å². The van der Waals surface area contributed by atoms with E-state index in [-0.39, 0.29) is 11.3 Å². The van der Waals surface area contributed by atoms with Gasteiger partial charge in [-0.15, -0.1) is 0 Å². The standard InChI is InChI=1S/C20H21NO2/c1-20(2)13-14-8-4-5-9-15(14)17(21-20)12-18(22)16-10-6-7-11-19(16)23-3/h4-11H,12-13H2,1-3H3. The lowest BCUT2D eigenvalue weighted by molar-refractivity contribution is 0.0997. The number of rotatable bonds is 4. The van der Waals surface area contributed by atoms with Gasteiger partial charge in [-0.2, -0.15) is 0 Å². The number of fused-ring (bicyclic) bond motifs is 1. The molecule has 0 spiro atoms. The van der Waals surface area contributed by atoms with E-state index in [0.29, 0.717) is 17.7 Å². The number of benzene rings is 2. The van der Waals surface area contributed by atoms with Gasteiger partial charge in [0.2, 0.25) is 0 Å². The Kier molecular flexibility index (Phi) is 4.03. The van der Waals surface area contributed by atoms with Crippen LogP contribution in [0.15, 0.2) is 53.5 Å². The molecule has 3 heteroatoms. The molecule has 0 aromatic heterocycles. The molecule has 2 aromatic rings. The zero-order valence-electron chi connectivity index (χ0n) is 13.8. The number of carbonyl (C=O) groups excluding carboxylic acids is 1. The topological polar surface area (TPSA) is 38.7 Å². The van der Waals surface area contributed by atoms with E-state index in [1.54, 1.807) is 7.11 Å². The van der Waals surface area contributed by atoms with Crippen LogP contribution in [0.25, 0.3) is 0 Å². The van der Waals surface area contributed by atoms with Crippen LogP contribution in [0.5, 0.6) is 5.75 Å². The van der Waals surface area contributed by atoms with E-state index < -0.39 is 0 Å².